The molecule has 1 N–H and O–H groups in total. The van der Waals surface area contributed by atoms with Gasteiger partial charge in [-0.15, -0.1) is 0 Å². The van der Waals surface area contributed by atoms with E-state index < -0.39 is 0 Å². The molecule has 1 aromatic heterocycles. The number of H-pyrrole nitrogens is 1. The van der Waals surface area contributed by atoms with Crippen LogP contribution in [-0.4, -0.2) is 4.98 Å². The van der Waals surface area contributed by atoms with Gasteiger partial charge in [0.2, 0.25) is 0 Å². The predicted molar refractivity (Wildman–Crippen MR) is 82.0 cm³/mol. The van der Waals surface area contributed by atoms with Gasteiger partial charge in [0.25, 0.3) is 0 Å². The molecule has 0 aliphatic heterocycles. The average molecular weight is 369 g/mol. The minimum Gasteiger partial charge on any atom is -0.354 e. The van der Waals surface area contributed by atoms with E-state index >= 15 is 0 Å². The van der Waals surface area contributed by atoms with Gasteiger partial charge in [0.05, 0.1) is 4.51 Å². The zero-order valence-corrected chi connectivity index (χ0v) is 12.6. The molecule has 2 aromatic carbocycles. The lowest BCUT2D eigenvalue weighted by Gasteiger charge is -2.05. The summed E-state index contributed by atoms with van der Waals surface area (Å²) in [6.07, 6.45) is 0. The van der Waals surface area contributed by atoms with Gasteiger partial charge >= 0.3 is 0 Å². The van der Waals surface area contributed by atoms with Crippen LogP contribution in [0.15, 0.2) is 45.3 Å². The normalized spacial score (nSPS) is 11.2. The molecule has 1 nitrogen and oxygen atoms in total. The Balaban J connectivity index is 2.58. The van der Waals surface area contributed by atoms with Crippen molar-refractivity contribution in [2.24, 2.45) is 0 Å². The highest BCUT2D eigenvalue weighted by molar-refractivity contribution is 9.10. The zero-order chi connectivity index (χ0) is 12.0. The van der Waals surface area contributed by atoms with E-state index in [1.54, 1.807) is 0 Å². The molecule has 0 spiro atoms. The van der Waals surface area contributed by atoms with Crippen molar-refractivity contribution in [1.29, 1.82) is 0 Å². The maximum Gasteiger partial charge on any atom is 0.0564 e. The van der Waals surface area contributed by atoms with Crippen LogP contribution in [0.4, 0.5) is 0 Å². The molecule has 0 saturated heterocycles. The van der Waals surface area contributed by atoms with E-state index in [-0.39, 0.29) is 0 Å². The summed E-state index contributed by atoms with van der Waals surface area (Å²) in [4.78, 5) is 3.40. The smallest absolute Gasteiger partial charge is 0.0564 e. The quantitative estimate of drug-likeness (QED) is 0.404. The third-order valence-corrected chi connectivity index (χ3v) is 4.15. The van der Waals surface area contributed by atoms with E-state index in [1.807, 2.05) is 24.3 Å². The number of nitrogens with one attached hydrogen (secondary N) is 1. The Bertz CT molecular complexity index is 729. The largest absolute Gasteiger partial charge is 0.354 e. The monoisotopic (exact) mass is 367 g/mol. The summed E-state index contributed by atoms with van der Waals surface area (Å²) in [5.41, 5.74) is 2.13. The molecular weight excluding hydrogens is 362 g/mol. The van der Waals surface area contributed by atoms with Crippen LogP contribution in [0.5, 0.6) is 0 Å². The van der Waals surface area contributed by atoms with Gasteiger partial charge in [-0.05, 0) is 36.4 Å². The Morgan fingerprint density at radius 2 is 1.29 bits per heavy atom. The van der Waals surface area contributed by atoms with Gasteiger partial charge in [0, 0.05) is 30.8 Å². The molecule has 3 aromatic rings. The number of hydrogen-bond acceptors (Lipinski definition) is 1. The lowest BCUT2D eigenvalue weighted by molar-refractivity contribution is 1.48. The fourth-order valence-corrected chi connectivity index (χ4v) is 2.98. The number of halogens is 2. The van der Waals surface area contributed by atoms with Crippen molar-refractivity contribution in [2.75, 3.05) is 0 Å². The number of hydrogen-bond donors (Lipinski definition) is 1. The summed E-state index contributed by atoms with van der Waals surface area (Å²) in [6.45, 7) is 0. The van der Waals surface area contributed by atoms with Gasteiger partial charge in [0.1, 0.15) is 0 Å². The molecule has 0 fully saturated rings. The molecule has 0 aliphatic carbocycles. The topological polar surface area (TPSA) is 15.8 Å². The highest BCUT2D eigenvalue weighted by Gasteiger charge is 2.03. The van der Waals surface area contributed by atoms with E-state index in [0.717, 1.165) is 35.3 Å². The summed E-state index contributed by atoms with van der Waals surface area (Å²) in [5.74, 6) is 0. The SMILES string of the molecule is S=c1c2cc(Br)ccc2[nH]c2ccc(Br)cc12. The van der Waals surface area contributed by atoms with Crippen molar-refractivity contribution >= 4 is 65.9 Å². The first kappa shape index (κ1) is 11.4. The van der Waals surface area contributed by atoms with Gasteiger partial charge in [0.15, 0.2) is 0 Å². The van der Waals surface area contributed by atoms with Crippen molar-refractivity contribution in [1.82, 2.24) is 4.98 Å². The molecule has 17 heavy (non-hydrogen) atoms. The number of fused-ring (bicyclic) bond motifs is 2. The second-order valence-electron chi connectivity index (χ2n) is 3.83. The fourth-order valence-electron chi connectivity index (χ4n) is 1.92. The van der Waals surface area contributed by atoms with Crippen LogP contribution in [0.1, 0.15) is 0 Å². The van der Waals surface area contributed by atoms with E-state index in [4.69, 9.17) is 12.2 Å². The molecule has 0 unspecified atom stereocenters. The van der Waals surface area contributed by atoms with E-state index in [2.05, 4.69) is 49.0 Å². The first-order valence-electron chi connectivity index (χ1n) is 5.06. The van der Waals surface area contributed by atoms with E-state index in [9.17, 15) is 0 Å². The minimum absolute atomic E-state index is 0.886. The molecule has 0 radical (unpaired) electrons. The highest BCUT2D eigenvalue weighted by Crippen LogP contribution is 2.26. The van der Waals surface area contributed by atoms with Crippen LogP contribution in [0.3, 0.4) is 0 Å². The number of rotatable bonds is 0. The van der Waals surface area contributed by atoms with Gasteiger partial charge in [-0.25, -0.2) is 0 Å². The Kier molecular flexibility index (Phi) is 2.81. The first-order valence-corrected chi connectivity index (χ1v) is 7.05. The number of pyridine rings is 1. The van der Waals surface area contributed by atoms with Crippen LogP contribution >= 0.6 is 44.1 Å². The molecule has 3 rings (SSSR count). The van der Waals surface area contributed by atoms with E-state index in [1.165, 1.54) is 0 Å². The van der Waals surface area contributed by atoms with E-state index in [0.29, 0.717) is 0 Å². The summed E-state index contributed by atoms with van der Waals surface area (Å²) in [7, 11) is 0. The van der Waals surface area contributed by atoms with Crippen molar-refractivity contribution in [3.8, 4) is 0 Å². The zero-order valence-electron chi connectivity index (χ0n) is 8.63. The Hall–Kier alpha value is -0.710. The van der Waals surface area contributed by atoms with Crippen molar-refractivity contribution < 1.29 is 0 Å². The van der Waals surface area contributed by atoms with Gasteiger partial charge in [-0.1, -0.05) is 44.1 Å². The second kappa shape index (κ2) is 4.19. The Morgan fingerprint density at radius 1 is 0.824 bits per heavy atom. The summed E-state index contributed by atoms with van der Waals surface area (Å²) >= 11 is 12.5. The average Bonchev–Trinajstić information content (AvgIpc) is 2.32. The lowest BCUT2D eigenvalue weighted by atomic mass is 10.1. The molecule has 1 heterocycles. The molecule has 0 bridgehead atoms. The van der Waals surface area contributed by atoms with Crippen LogP contribution in [0.2, 0.25) is 0 Å². The van der Waals surface area contributed by atoms with Crippen LogP contribution in [0, 0.1) is 4.51 Å². The lowest BCUT2D eigenvalue weighted by Crippen LogP contribution is -1.84. The van der Waals surface area contributed by atoms with Crippen molar-refractivity contribution in [2.45, 2.75) is 0 Å². The summed E-state index contributed by atoms with van der Waals surface area (Å²) in [6, 6.07) is 12.2. The standard InChI is InChI=1S/C13H7Br2NS/c14-7-1-3-11-9(5-7)13(17)10-6-8(15)2-4-12(10)16-11/h1-6H,(H,16,17). The van der Waals surface area contributed by atoms with Crippen LogP contribution in [-0.2, 0) is 0 Å². The first-order chi connectivity index (χ1) is 8.15. The minimum atomic E-state index is 0.886. The Morgan fingerprint density at radius 3 is 1.76 bits per heavy atom. The van der Waals surface area contributed by atoms with Crippen molar-refractivity contribution in [3.05, 3.63) is 49.9 Å². The molecule has 0 amide bonds. The summed E-state index contributed by atoms with van der Waals surface area (Å²) in [5, 5.41) is 2.14. The molecule has 4 heteroatoms. The van der Waals surface area contributed by atoms with Crippen LogP contribution in [0.25, 0.3) is 21.8 Å². The molecule has 0 aliphatic rings. The van der Waals surface area contributed by atoms with Gasteiger partial charge in [-0.2, -0.15) is 0 Å². The van der Waals surface area contributed by atoms with Gasteiger partial charge < -0.3 is 4.98 Å². The predicted octanol–water partition coefficient (Wildman–Crippen LogP) is 5.58. The number of aromatic amines is 1. The number of aromatic nitrogens is 1. The molecule has 0 saturated carbocycles. The molecule has 84 valence electrons. The third-order valence-electron chi connectivity index (χ3n) is 2.72. The van der Waals surface area contributed by atoms with Crippen LogP contribution < -0.4 is 0 Å². The van der Waals surface area contributed by atoms with Crippen molar-refractivity contribution in [3.63, 3.8) is 0 Å². The second-order valence-corrected chi connectivity index (χ2v) is 6.07. The van der Waals surface area contributed by atoms with Gasteiger partial charge in [-0.3, -0.25) is 0 Å². The number of benzene rings is 2. The highest BCUT2D eigenvalue weighted by atomic mass is 79.9. The maximum absolute atomic E-state index is 5.55. The summed E-state index contributed by atoms with van der Waals surface area (Å²) < 4.78 is 2.97. The molecule has 0 atom stereocenters. The Labute approximate surface area is 120 Å². The third kappa shape index (κ3) is 1.94. The molecular formula is C13H7Br2NS. The fraction of sp³-hybridized carbons (Fsp3) is 0. The maximum atomic E-state index is 5.55.